The number of sulfone groups is 1. The second-order valence-corrected chi connectivity index (χ2v) is 8.47. The number of amides is 2. The predicted molar refractivity (Wildman–Crippen MR) is 100 cm³/mol. The molecule has 1 saturated heterocycles. The van der Waals surface area contributed by atoms with Gasteiger partial charge in [-0.05, 0) is 18.2 Å². The molecule has 1 aliphatic heterocycles. The summed E-state index contributed by atoms with van der Waals surface area (Å²) in [6.45, 7) is 6.31. The molecule has 0 aliphatic carbocycles. The zero-order valence-corrected chi connectivity index (χ0v) is 16.1. The largest absolute Gasteiger partial charge is 0.352 e. The van der Waals surface area contributed by atoms with Crippen molar-refractivity contribution in [2.24, 2.45) is 0 Å². The van der Waals surface area contributed by atoms with Gasteiger partial charge in [0.25, 0.3) is 5.91 Å². The quantitative estimate of drug-likeness (QED) is 0.715. The Morgan fingerprint density at radius 3 is 2.50 bits per heavy atom. The lowest BCUT2D eigenvalue weighted by Gasteiger charge is -2.34. The highest BCUT2D eigenvalue weighted by Gasteiger charge is 2.24. The van der Waals surface area contributed by atoms with Crippen LogP contribution in [0.4, 0.5) is 0 Å². The molecule has 26 heavy (non-hydrogen) atoms. The van der Waals surface area contributed by atoms with Gasteiger partial charge in [-0.2, -0.15) is 0 Å². The molecule has 0 saturated carbocycles. The van der Waals surface area contributed by atoms with E-state index in [0.717, 1.165) is 6.26 Å². The van der Waals surface area contributed by atoms with Gasteiger partial charge in [0.2, 0.25) is 5.91 Å². The first kappa shape index (κ1) is 20.4. The zero-order valence-electron chi connectivity index (χ0n) is 14.6. The van der Waals surface area contributed by atoms with Crippen molar-refractivity contribution in [3.8, 4) is 0 Å². The molecule has 7 nitrogen and oxygen atoms in total. The molecule has 0 spiro atoms. The van der Waals surface area contributed by atoms with Gasteiger partial charge in [-0.3, -0.25) is 14.5 Å². The minimum atomic E-state index is -3.51. The summed E-state index contributed by atoms with van der Waals surface area (Å²) in [5, 5.41) is 2.81. The normalized spacial score (nSPS) is 15.5. The predicted octanol–water partition coefficient (Wildman–Crippen LogP) is 0.804. The summed E-state index contributed by atoms with van der Waals surface area (Å²) in [6.07, 6.45) is 2.67. The molecule has 1 heterocycles. The van der Waals surface area contributed by atoms with Crippen LogP contribution in [0.25, 0.3) is 0 Å². The van der Waals surface area contributed by atoms with Crippen molar-refractivity contribution in [3.05, 3.63) is 41.4 Å². The third-order valence-corrected chi connectivity index (χ3v) is 5.63. The van der Waals surface area contributed by atoms with E-state index in [9.17, 15) is 18.0 Å². The van der Waals surface area contributed by atoms with Crippen molar-refractivity contribution in [2.45, 2.75) is 4.90 Å². The molecule has 1 aliphatic rings. The minimum Gasteiger partial charge on any atom is -0.352 e. The van der Waals surface area contributed by atoms with Crippen LogP contribution in [0.5, 0.6) is 0 Å². The maximum absolute atomic E-state index is 12.6. The maximum atomic E-state index is 12.6. The lowest BCUT2D eigenvalue weighted by atomic mass is 10.2. The first-order valence-electron chi connectivity index (χ1n) is 8.11. The summed E-state index contributed by atoms with van der Waals surface area (Å²) in [5.41, 5.74) is 0.284. The van der Waals surface area contributed by atoms with Crippen molar-refractivity contribution < 1.29 is 18.0 Å². The average molecular weight is 400 g/mol. The van der Waals surface area contributed by atoms with E-state index in [1.165, 1.54) is 18.2 Å². The summed E-state index contributed by atoms with van der Waals surface area (Å²) in [7, 11) is -3.51. The fourth-order valence-electron chi connectivity index (χ4n) is 2.66. The number of piperazine rings is 1. The van der Waals surface area contributed by atoms with E-state index in [1.54, 1.807) is 11.0 Å². The fourth-order valence-corrected chi connectivity index (χ4v) is 3.96. The van der Waals surface area contributed by atoms with Gasteiger partial charge in [-0.15, -0.1) is 6.58 Å². The molecule has 1 fully saturated rings. The van der Waals surface area contributed by atoms with Crippen molar-refractivity contribution in [1.82, 2.24) is 15.1 Å². The van der Waals surface area contributed by atoms with E-state index < -0.39 is 9.84 Å². The lowest BCUT2D eigenvalue weighted by molar-refractivity contribution is -0.122. The molecular weight excluding hydrogens is 378 g/mol. The standard InChI is InChI=1S/C17H22ClN3O4S/c1-3-6-19-16(22)12-20-7-9-21(10-8-20)17(23)13-4-5-14(18)15(11-13)26(2,24)25/h3-5,11H,1,6-10,12H2,2H3,(H,19,22). The van der Waals surface area contributed by atoms with E-state index in [1.807, 2.05) is 4.90 Å². The molecule has 0 bridgehead atoms. The van der Waals surface area contributed by atoms with Crippen LogP contribution in [0.2, 0.25) is 5.02 Å². The van der Waals surface area contributed by atoms with Gasteiger partial charge in [0.1, 0.15) is 0 Å². The number of hydrogen-bond donors (Lipinski definition) is 1. The van der Waals surface area contributed by atoms with E-state index in [0.29, 0.717) is 32.7 Å². The van der Waals surface area contributed by atoms with Crippen molar-refractivity contribution in [1.29, 1.82) is 0 Å². The Kier molecular flexibility index (Phi) is 6.80. The summed E-state index contributed by atoms with van der Waals surface area (Å²) < 4.78 is 23.5. The molecule has 2 rings (SSSR count). The van der Waals surface area contributed by atoms with Crippen LogP contribution in [0, 0.1) is 0 Å². The van der Waals surface area contributed by atoms with Gasteiger partial charge in [0.05, 0.1) is 16.5 Å². The third kappa shape index (κ3) is 5.30. The number of nitrogens with zero attached hydrogens (tertiary/aromatic N) is 2. The monoisotopic (exact) mass is 399 g/mol. The Labute approximate surface area is 158 Å². The Bertz CT molecular complexity index is 802. The molecule has 2 amide bonds. The third-order valence-electron chi connectivity index (χ3n) is 4.05. The second kappa shape index (κ2) is 8.66. The highest BCUT2D eigenvalue weighted by molar-refractivity contribution is 7.90. The van der Waals surface area contributed by atoms with Crippen LogP contribution in [-0.2, 0) is 14.6 Å². The number of nitrogens with one attached hydrogen (secondary N) is 1. The molecule has 1 aromatic carbocycles. The number of hydrogen-bond acceptors (Lipinski definition) is 5. The average Bonchev–Trinajstić information content (AvgIpc) is 2.59. The van der Waals surface area contributed by atoms with Crippen LogP contribution in [0.15, 0.2) is 35.7 Å². The van der Waals surface area contributed by atoms with Crippen LogP contribution >= 0.6 is 11.6 Å². The second-order valence-electron chi connectivity index (χ2n) is 6.08. The molecule has 1 N–H and O–H groups in total. The van der Waals surface area contributed by atoms with Crippen molar-refractivity contribution in [2.75, 3.05) is 45.5 Å². The molecule has 9 heteroatoms. The first-order chi connectivity index (χ1) is 12.2. The van der Waals surface area contributed by atoms with E-state index >= 15 is 0 Å². The van der Waals surface area contributed by atoms with Gasteiger partial charge in [0, 0.05) is 44.5 Å². The van der Waals surface area contributed by atoms with Crippen LogP contribution in [0.3, 0.4) is 0 Å². The lowest BCUT2D eigenvalue weighted by Crippen LogP contribution is -2.51. The number of benzene rings is 1. The van der Waals surface area contributed by atoms with Gasteiger partial charge < -0.3 is 10.2 Å². The summed E-state index contributed by atoms with van der Waals surface area (Å²) in [4.78, 5) is 27.9. The first-order valence-corrected chi connectivity index (χ1v) is 10.4. The number of carbonyl (C=O) groups excluding carboxylic acids is 2. The van der Waals surface area contributed by atoms with Gasteiger partial charge >= 0.3 is 0 Å². The molecule has 0 unspecified atom stereocenters. The number of rotatable bonds is 6. The highest BCUT2D eigenvalue weighted by atomic mass is 35.5. The van der Waals surface area contributed by atoms with E-state index in [2.05, 4.69) is 11.9 Å². The maximum Gasteiger partial charge on any atom is 0.253 e. The molecule has 1 aromatic rings. The topological polar surface area (TPSA) is 86.8 Å². The smallest absolute Gasteiger partial charge is 0.253 e. The Hall–Kier alpha value is -1.90. The van der Waals surface area contributed by atoms with E-state index in [4.69, 9.17) is 11.6 Å². The highest BCUT2D eigenvalue weighted by Crippen LogP contribution is 2.23. The molecule has 0 aromatic heterocycles. The van der Waals surface area contributed by atoms with E-state index in [-0.39, 0.29) is 33.8 Å². The van der Waals surface area contributed by atoms with Gasteiger partial charge in [-0.25, -0.2) is 8.42 Å². The Morgan fingerprint density at radius 2 is 1.92 bits per heavy atom. The van der Waals surface area contributed by atoms with Crippen LogP contribution in [0.1, 0.15) is 10.4 Å². The van der Waals surface area contributed by atoms with Gasteiger partial charge in [0.15, 0.2) is 9.84 Å². The number of halogens is 1. The summed E-state index contributed by atoms with van der Waals surface area (Å²) in [6, 6.07) is 4.26. The van der Waals surface area contributed by atoms with Crippen LogP contribution in [-0.4, -0.2) is 75.6 Å². The van der Waals surface area contributed by atoms with Crippen molar-refractivity contribution >= 4 is 33.3 Å². The summed E-state index contributed by atoms with van der Waals surface area (Å²) >= 11 is 5.92. The Balaban J connectivity index is 1.98. The molecule has 142 valence electrons. The fraction of sp³-hybridized carbons (Fsp3) is 0.412. The molecule has 0 radical (unpaired) electrons. The molecule has 0 atom stereocenters. The van der Waals surface area contributed by atoms with Gasteiger partial charge in [-0.1, -0.05) is 17.7 Å². The Morgan fingerprint density at radius 1 is 1.27 bits per heavy atom. The summed E-state index contributed by atoms with van der Waals surface area (Å²) in [5.74, 6) is -0.331. The number of carbonyl (C=O) groups is 2. The SMILES string of the molecule is C=CCNC(=O)CN1CCN(C(=O)c2ccc(Cl)c(S(C)(=O)=O)c2)CC1. The zero-order chi connectivity index (χ0) is 19.3. The van der Waals surface area contributed by atoms with Crippen molar-refractivity contribution in [3.63, 3.8) is 0 Å². The molecular formula is C17H22ClN3O4S. The van der Waals surface area contributed by atoms with Crippen LogP contribution < -0.4 is 5.32 Å². The minimum absolute atomic E-state index is 0.0532.